The van der Waals surface area contributed by atoms with Gasteiger partial charge in [0.25, 0.3) is 5.69 Å². The molecule has 5 nitrogen and oxygen atoms in total. The van der Waals surface area contributed by atoms with Gasteiger partial charge in [-0.25, -0.2) is 0 Å². The fourth-order valence-corrected chi connectivity index (χ4v) is 1.39. The molecule has 0 fully saturated rings. The number of rotatable bonds is 5. The van der Waals surface area contributed by atoms with E-state index in [1.54, 1.807) is 12.1 Å². The van der Waals surface area contributed by atoms with E-state index in [2.05, 4.69) is 0 Å². The Kier molecular flexibility index (Phi) is 4.05. The van der Waals surface area contributed by atoms with Gasteiger partial charge in [-0.2, -0.15) is 0 Å². The van der Waals surface area contributed by atoms with E-state index in [4.69, 9.17) is 5.11 Å². The van der Waals surface area contributed by atoms with E-state index >= 15 is 0 Å². The maximum Gasteiger partial charge on any atom is 0.271 e. The second kappa shape index (κ2) is 5.31. The van der Waals surface area contributed by atoms with Gasteiger partial charge >= 0.3 is 0 Å². The van der Waals surface area contributed by atoms with Gasteiger partial charge in [-0.3, -0.25) is 10.1 Å². The second-order valence-corrected chi connectivity index (χ2v) is 3.08. The molecule has 1 rings (SSSR count). The molecule has 0 heterocycles. The first-order valence-corrected chi connectivity index (χ1v) is 4.79. The minimum atomic E-state index is -0.420. The largest absolute Gasteiger partial charge is 0.395 e. The van der Waals surface area contributed by atoms with Crippen LogP contribution in [-0.2, 0) is 0 Å². The molecule has 0 amide bonds. The third-order valence-electron chi connectivity index (χ3n) is 2.16. The molecule has 15 heavy (non-hydrogen) atoms. The van der Waals surface area contributed by atoms with Gasteiger partial charge in [0.1, 0.15) is 0 Å². The normalized spacial score (nSPS) is 10.0. The first-order chi connectivity index (χ1) is 7.19. The quantitative estimate of drug-likeness (QED) is 0.589. The molecule has 0 radical (unpaired) electrons. The predicted molar refractivity (Wildman–Crippen MR) is 58.1 cm³/mol. The number of likely N-dealkylation sites (N-methyl/N-ethyl adjacent to an activating group) is 1. The molecule has 1 N–H and O–H groups in total. The molecule has 0 saturated heterocycles. The molecule has 5 heteroatoms. The molecule has 1 aromatic carbocycles. The average Bonchev–Trinajstić information content (AvgIpc) is 2.26. The number of anilines is 1. The lowest BCUT2D eigenvalue weighted by Crippen LogP contribution is -2.26. The lowest BCUT2D eigenvalue weighted by molar-refractivity contribution is -0.384. The number of non-ortho nitro benzene ring substituents is 1. The minimum absolute atomic E-state index is 0.0382. The Morgan fingerprint density at radius 3 is 2.80 bits per heavy atom. The van der Waals surface area contributed by atoms with Crippen LogP contribution in [0.5, 0.6) is 0 Å². The molecule has 0 aromatic heterocycles. The van der Waals surface area contributed by atoms with Crippen LogP contribution < -0.4 is 4.90 Å². The molecular weight excluding hydrogens is 196 g/mol. The van der Waals surface area contributed by atoms with E-state index in [0.717, 1.165) is 5.69 Å². The van der Waals surface area contributed by atoms with Crippen LogP contribution in [0.25, 0.3) is 0 Å². The SMILES string of the molecule is CCN(CCO)c1cccc([N+](=O)[O-])c1. The molecule has 1 aromatic rings. The number of nitrogens with zero attached hydrogens (tertiary/aromatic N) is 2. The highest BCUT2D eigenvalue weighted by Crippen LogP contribution is 2.20. The Bertz CT molecular complexity index is 341. The summed E-state index contributed by atoms with van der Waals surface area (Å²) in [5.74, 6) is 0. The van der Waals surface area contributed by atoms with Crippen LogP contribution >= 0.6 is 0 Å². The van der Waals surface area contributed by atoms with Crippen LogP contribution in [0.15, 0.2) is 24.3 Å². The van der Waals surface area contributed by atoms with Crippen molar-refractivity contribution in [2.24, 2.45) is 0 Å². The zero-order valence-corrected chi connectivity index (χ0v) is 8.59. The molecule has 0 bridgehead atoms. The number of aliphatic hydroxyl groups excluding tert-OH is 1. The zero-order valence-electron chi connectivity index (χ0n) is 8.59. The summed E-state index contributed by atoms with van der Waals surface area (Å²) in [6, 6.07) is 6.41. The van der Waals surface area contributed by atoms with Crippen molar-refractivity contribution in [1.82, 2.24) is 0 Å². The van der Waals surface area contributed by atoms with Gasteiger partial charge in [0.15, 0.2) is 0 Å². The summed E-state index contributed by atoms with van der Waals surface area (Å²) in [4.78, 5) is 12.0. The summed E-state index contributed by atoms with van der Waals surface area (Å²) in [5, 5.41) is 19.4. The smallest absolute Gasteiger partial charge is 0.271 e. The number of nitro benzene ring substituents is 1. The number of hydrogen-bond acceptors (Lipinski definition) is 4. The van der Waals surface area contributed by atoms with Gasteiger partial charge < -0.3 is 10.0 Å². The molecular formula is C10H14N2O3. The van der Waals surface area contributed by atoms with E-state index in [-0.39, 0.29) is 12.3 Å². The summed E-state index contributed by atoms with van der Waals surface area (Å²) in [5.41, 5.74) is 0.838. The van der Waals surface area contributed by atoms with Crippen molar-refractivity contribution in [3.8, 4) is 0 Å². The first-order valence-electron chi connectivity index (χ1n) is 4.79. The Labute approximate surface area is 88.1 Å². The highest BCUT2D eigenvalue weighted by molar-refractivity contribution is 5.53. The lowest BCUT2D eigenvalue weighted by atomic mass is 10.2. The molecule has 0 aliphatic rings. The first kappa shape index (κ1) is 11.5. The minimum Gasteiger partial charge on any atom is -0.395 e. The van der Waals surface area contributed by atoms with Crippen molar-refractivity contribution in [1.29, 1.82) is 0 Å². The van der Waals surface area contributed by atoms with Crippen molar-refractivity contribution < 1.29 is 10.0 Å². The van der Waals surface area contributed by atoms with Crippen LogP contribution in [-0.4, -0.2) is 29.7 Å². The molecule has 0 atom stereocenters. The standard InChI is InChI=1S/C10H14N2O3/c1-2-11(6-7-13)9-4-3-5-10(8-9)12(14)15/h3-5,8,13H,2,6-7H2,1H3. The summed E-state index contributed by atoms with van der Waals surface area (Å²) >= 11 is 0. The number of benzene rings is 1. The van der Waals surface area contributed by atoms with E-state index in [1.165, 1.54) is 12.1 Å². The maximum absolute atomic E-state index is 10.6. The lowest BCUT2D eigenvalue weighted by Gasteiger charge is -2.21. The summed E-state index contributed by atoms with van der Waals surface area (Å²) < 4.78 is 0. The Balaban J connectivity index is 2.92. The molecule has 0 saturated carbocycles. The highest BCUT2D eigenvalue weighted by atomic mass is 16.6. The van der Waals surface area contributed by atoms with Gasteiger partial charge in [-0.15, -0.1) is 0 Å². The third kappa shape index (κ3) is 2.92. The average molecular weight is 210 g/mol. The van der Waals surface area contributed by atoms with Crippen molar-refractivity contribution in [2.75, 3.05) is 24.6 Å². The van der Waals surface area contributed by atoms with Gasteiger partial charge in [-0.05, 0) is 13.0 Å². The maximum atomic E-state index is 10.6. The number of nitro groups is 1. The summed E-state index contributed by atoms with van der Waals surface area (Å²) in [6.07, 6.45) is 0. The van der Waals surface area contributed by atoms with Gasteiger partial charge in [-0.1, -0.05) is 6.07 Å². The van der Waals surface area contributed by atoms with E-state index < -0.39 is 4.92 Å². The third-order valence-corrected chi connectivity index (χ3v) is 2.16. The molecule has 0 aliphatic heterocycles. The van der Waals surface area contributed by atoms with Crippen LogP contribution in [0.1, 0.15) is 6.92 Å². The molecule has 82 valence electrons. The van der Waals surface area contributed by atoms with Crippen molar-refractivity contribution >= 4 is 11.4 Å². The van der Waals surface area contributed by atoms with Gasteiger partial charge in [0.05, 0.1) is 11.5 Å². The highest BCUT2D eigenvalue weighted by Gasteiger charge is 2.09. The number of aliphatic hydroxyl groups is 1. The molecule has 0 unspecified atom stereocenters. The van der Waals surface area contributed by atoms with Crippen LogP contribution in [0, 0.1) is 10.1 Å². The fraction of sp³-hybridized carbons (Fsp3) is 0.400. The van der Waals surface area contributed by atoms with E-state index in [1.807, 2.05) is 11.8 Å². The topological polar surface area (TPSA) is 66.6 Å². The van der Waals surface area contributed by atoms with Gasteiger partial charge in [0, 0.05) is 30.9 Å². The van der Waals surface area contributed by atoms with Crippen LogP contribution in [0.2, 0.25) is 0 Å². The zero-order chi connectivity index (χ0) is 11.3. The van der Waals surface area contributed by atoms with Gasteiger partial charge in [0.2, 0.25) is 0 Å². The van der Waals surface area contributed by atoms with Crippen molar-refractivity contribution in [3.63, 3.8) is 0 Å². The van der Waals surface area contributed by atoms with Crippen molar-refractivity contribution in [3.05, 3.63) is 34.4 Å². The monoisotopic (exact) mass is 210 g/mol. The Hall–Kier alpha value is -1.62. The Morgan fingerprint density at radius 1 is 1.53 bits per heavy atom. The predicted octanol–water partition coefficient (Wildman–Crippen LogP) is 1.41. The summed E-state index contributed by atoms with van der Waals surface area (Å²) in [6.45, 7) is 3.17. The fourth-order valence-electron chi connectivity index (χ4n) is 1.39. The van der Waals surface area contributed by atoms with E-state index in [9.17, 15) is 10.1 Å². The van der Waals surface area contributed by atoms with E-state index in [0.29, 0.717) is 13.1 Å². The Morgan fingerprint density at radius 2 is 2.27 bits per heavy atom. The molecule has 0 spiro atoms. The van der Waals surface area contributed by atoms with Crippen molar-refractivity contribution in [2.45, 2.75) is 6.92 Å². The summed E-state index contributed by atoms with van der Waals surface area (Å²) in [7, 11) is 0. The second-order valence-electron chi connectivity index (χ2n) is 3.08. The van der Waals surface area contributed by atoms with Crippen LogP contribution in [0.3, 0.4) is 0 Å². The number of hydrogen-bond donors (Lipinski definition) is 1. The van der Waals surface area contributed by atoms with Crippen LogP contribution in [0.4, 0.5) is 11.4 Å². The molecule has 0 aliphatic carbocycles.